The molecule has 1 fully saturated rings. The molecule has 3 aromatic rings. The van der Waals surface area contributed by atoms with E-state index in [2.05, 4.69) is 25.2 Å². The minimum Gasteiger partial charge on any atom is -0.494 e. The number of pyridine rings is 1. The van der Waals surface area contributed by atoms with Crippen molar-refractivity contribution in [2.24, 2.45) is 5.92 Å². The lowest BCUT2D eigenvalue weighted by molar-refractivity contribution is -0.125. The molecule has 4 rings (SSSR count). The maximum absolute atomic E-state index is 12.9. The quantitative estimate of drug-likeness (QED) is 0.676. The maximum atomic E-state index is 12.9. The van der Waals surface area contributed by atoms with Crippen molar-refractivity contribution in [2.45, 2.75) is 32.7 Å². The number of ether oxygens (including phenoxy) is 1. The molecule has 1 saturated heterocycles. The normalized spacial score (nSPS) is 17.5. The van der Waals surface area contributed by atoms with E-state index in [-0.39, 0.29) is 17.9 Å². The van der Waals surface area contributed by atoms with Gasteiger partial charge in [0.15, 0.2) is 5.65 Å². The number of nitrogens with one attached hydrogen (secondary N) is 1. The molecule has 0 unspecified atom stereocenters. The van der Waals surface area contributed by atoms with Gasteiger partial charge in [0.1, 0.15) is 11.3 Å². The van der Waals surface area contributed by atoms with Gasteiger partial charge in [-0.15, -0.1) is 0 Å². The molecule has 30 heavy (non-hydrogen) atoms. The Hall–Kier alpha value is -3.22. The molecule has 1 N–H and O–H groups in total. The Labute approximate surface area is 176 Å². The first-order valence-electron chi connectivity index (χ1n) is 10.5. The van der Waals surface area contributed by atoms with E-state index in [4.69, 9.17) is 4.74 Å². The van der Waals surface area contributed by atoms with Crippen LogP contribution in [0.2, 0.25) is 0 Å². The van der Waals surface area contributed by atoms with Crippen LogP contribution in [0.4, 0.5) is 5.69 Å². The van der Waals surface area contributed by atoms with Crippen molar-refractivity contribution in [1.29, 1.82) is 0 Å². The summed E-state index contributed by atoms with van der Waals surface area (Å²) in [4.78, 5) is 28.1. The van der Waals surface area contributed by atoms with E-state index in [0.717, 1.165) is 41.9 Å². The Bertz CT molecular complexity index is 1010. The SMILES string of the molecule is CCOc1ccc([C@H](C)NC(=O)[C@H]2CCCN(c3cnc4nccnc4c3)C2)cc1. The van der Waals surface area contributed by atoms with Crippen LogP contribution < -0.4 is 15.0 Å². The fraction of sp³-hybridized carbons (Fsp3) is 0.391. The zero-order valence-electron chi connectivity index (χ0n) is 17.4. The second kappa shape index (κ2) is 9.07. The maximum Gasteiger partial charge on any atom is 0.225 e. The second-order valence-corrected chi connectivity index (χ2v) is 7.61. The van der Waals surface area contributed by atoms with E-state index < -0.39 is 0 Å². The number of aromatic nitrogens is 3. The fourth-order valence-electron chi connectivity index (χ4n) is 3.88. The van der Waals surface area contributed by atoms with E-state index in [1.165, 1.54) is 0 Å². The van der Waals surface area contributed by atoms with Gasteiger partial charge in [-0.3, -0.25) is 9.78 Å². The molecular weight excluding hydrogens is 378 g/mol. The van der Waals surface area contributed by atoms with Gasteiger partial charge in [0.2, 0.25) is 5.91 Å². The van der Waals surface area contributed by atoms with E-state index >= 15 is 0 Å². The van der Waals surface area contributed by atoms with Gasteiger partial charge in [-0.05, 0) is 50.5 Å². The van der Waals surface area contributed by atoms with E-state index in [1.807, 2.05) is 50.4 Å². The fourth-order valence-corrected chi connectivity index (χ4v) is 3.88. The lowest BCUT2D eigenvalue weighted by Crippen LogP contribution is -2.43. The molecule has 2 aromatic heterocycles. The highest BCUT2D eigenvalue weighted by Crippen LogP contribution is 2.25. The lowest BCUT2D eigenvalue weighted by atomic mass is 9.96. The van der Waals surface area contributed by atoms with Crippen LogP contribution in [-0.2, 0) is 4.79 Å². The summed E-state index contributed by atoms with van der Waals surface area (Å²) in [7, 11) is 0. The number of fused-ring (bicyclic) bond motifs is 1. The molecule has 1 amide bonds. The highest BCUT2D eigenvalue weighted by Gasteiger charge is 2.27. The molecule has 1 aliphatic heterocycles. The van der Waals surface area contributed by atoms with Gasteiger partial charge in [0, 0.05) is 25.5 Å². The van der Waals surface area contributed by atoms with E-state index in [9.17, 15) is 4.79 Å². The summed E-state index contributed by atoms with van der Waals surface area (Å²) in [6.45, 7) is 6.20. The number of amides is 1. The second-order valence-electron chi connectivity index (χ2n) is 7.61. The first kappa shape index (κ1) is 20.1. The molecule has 2 atom stereocenters. The largest absolute Gasteiger partial charge is 0.494 e. The first-order valence-corrected chi connectivity index (χ1v) is 10.5. The minimum absolute atomic E-state index is 0.0542. The van der Waals surface area contributed by atoms with Crippen LogP contribution in [0.3, 0.4) is 0 Å². The number of nitrogens with zero attached hydrogens (tertiary/aromatic N) is 4. The van der Waals surface area contributed by atoms with Gasteiger partial charge >= 0.3 is 0 Å². The number of rotatable bonds is 6. The molecule has 1 aliphatic rings. The smallest absolute Gasteiger partial charge is 0.225 e. The van der Waals surface area contributed by atoms with Crippen LogP contribution in [-0.4, -0.2) is 40.6 Å². The van der Waals surface area contributed by atoms with Crippen LogP contribution in [0.5, 0.6) is 5.75 Å². The standard InChI is InChI=1S/C23H27N5O2/c1-3-30-20-8-6-17(7-9-20)16(2)27-23(29)18-5-4-12-28(15-18)19-13-21-22(26-14-19)25-11-10-24-21/h6-11,13-14,16,18H,3-5,12,15H2,1-2H3,(H,27,29)/t16-,18-/m0/s1. The number of anilines is 1. The van der Waals surface area contributed by atoms with Crippen LogP contribution in [0.1, 0.15) is 38.3 Å². The third-order valence-electron chi connectivity index (χ3n) is 5.52. The van der Waals surface area contributed by atoms with Gasteiger partial charge in [0.25, 0.3) is 0 Å². The summed E-state index contributed by atoms with van der Waals surface area (Å²) >= 11 is 0. The summed E-state index contributed by atoms with van der Waals surface area (Å²) in [5, 5.41) is 3.17. The molecule has 0 radical (unpaired) electrons. The molecule has 0 spiro atoms. The molecular formula is C23H27N5O2. The molecule has 1 aromatic carbocycles. The van der Waals surface area contributed by atoms with E-state index in [1.54, 1.807) is 12.4 Å². The summed E-state index contributed by atoms with van der Waals surface area (Å²) < 4.78 is 5.49. The lowest BCUT2D eigenvalue weighted by Gasteiger charge is -2.34. The van der Waals surface area contributed by atoms with Gasteiger partial charge in [-0.1, -0.05) is 12.1 Å². The predicted octanol–water partition coefficient (Wildman–Crippen LogP) is 3.52. The molecule has 0 saturated carbocycles. The van der Waals surface area contributed by atoms with Crippen molar-refractivity contribution >= 4 is 22.8 Å². The number of hydrogen-bond acceptors (Lipinski definition) is 6. The number of hydrogen-bond donors (Lipinski definition) is 1. The summed E-state index contributed by atoms with van der Waals surface area (Å²) in [6, 6.07) is 9.84. The van der Waals surface area contributed by atoms with Crippen molar-refractivity contribution in [2.75, 3.05) is 24.6 Å². The molecule has 3 heterocycles. The van der Waals surface area contributed by atoms with Gasteiger partial charge in [-0.25, -0.2) is 9.97 Å². The average Bonchev–Trinajstić information content (AvgIpc) is 2.79. The van der Waals surface area contributed by atoms with Crippen LogP contribution in [0, 0.1) is 5.92 Å². The van der Waals surface area contributed by atoms with Crippen molar-refractivity contribution in [3.05, 3.63) is 54.5 Å². The van der Waals surface area contributed by atoms with Crippen LogP contribution in [0.15, 0.2) is 48.9 Å². The molecule has 0 aliphatic carbocycles. The van der Waals surface area contributed by atoms with Gasteiger partial charge < -0.3 is 15.0 Å². The number of benzene rings is 1. The van der Waals surface area contributed by atoms with Gasteiger partial charge in [-0.2, -0.15) is 0 Å². The van der Waals surface area contributed by atoms with Crippen molar-refractivity contribution in [1.82, 2.24) is 20.3 Å². The van der Waals surface area contributed by atoms with Crippen molar-refractivity contribution < 1.29 is 9.53 Å². The highest BCUT2D eigenvalue weighted by atomic mass is 16.5. The third kappa shape index (κ3) is 4.50. The highest BCUT2D eigenvalue weighted by molar-refractivity contribution is 5.80. The summed E-state index contributed by atoms with van der Waals surface area (Å²) in [6.07, 6.45) is 6.98. The zero-order chi connectivity index (χ0) is 20.9. The monoisotopic (exact) mass is 405 g/mol. The van der Waals surface area contributed by atoms with Crippen LogP contribution in [0.25, 0.3) is 11.2 Å². The minimum atomic E-state index is -0.0545. The average molecular weight is 406 g/mol. The Morgan fingerprint density at radius 2 is 2.03 bits per heavy atom. The van der Waals surface area contributed by atoms with E-state index in [0.29, 0.717) is 18.8 Å². The molecule has 0 bridgehead atoms. The summed E-state index contributed by atoms with van der Waals surface area (Å²) in [5.74, 6) is 0.882. The van der Waals surface area contributed by atoms with Crippen molar-refractivity contribution in [3.8, 4) is 5.75 Å². The predicted molar refractivity (Wildman–Crippen MR) is 116 cm³/mol. The molecule has 7 nitrogen and oxygen atoms in total. The summed E-state index contributed by atoms with van der Waals surface area (Å²) in [5.41, 5.74) is 3.46. The molecule has 156 valence electrons. The topological polar surface area (TPSA) is 80.2 Å². The Balaban J connectivity index is 1.40. The Kier molecular flexibility index (Phi) is 6.07. The van der Waals surface area contributed by atoms with Crippen LogP contribution >= 0.6 is 0 Å². The third-order valence-corrected chi connectivity index (χ3v) is 5.52. The number of piperidine rings is 1. The van der Waals surface area contributed by atoms with Crippen molar-refractivity contribution in [3.63, 3.8) is 0 Å². The Morgan fingerprint density at radius 3 is 2.83 bits per heavy atom. The Morgan fingerprint density at radius 1 is 1.23 bits per heavy atom. The molecule has 7 heteroatoms. The first-order chi connectivity index (χ1) is 14.6. The van der Waals surface area contributed by atoms with Gasteiger partial charge in [0.05, 0.1) is 30.5 Å². The number of carbonyl (C=O) groups is 1. The zero-order valence-corrected chi connectivity index (χ0v) is 17.4. The number of carbonyl (C=O) groups excluding carboxylic acids is 1.